The summed E-state index contributed by atoms with van der Waals surface area (Å²) in [5.74, 6) is 10.3. The van der Waals surface area contributed by atoms with Crippen LogP contribution in [0.4, 0.5) is 0 Å². The van der Waals surface area contributed by atoms with Gasteiger partial charge in [0.25, 0.3) is 11.8 Å². The minimum atomic E-state index is -0.522. The van der Waals surface area contributed by atoms with Crippen molar-refractivity contribution >= 4 is 11.8 Å². The van der Waals surface area contributed by atoms with E-state index < -0.39 is 11.8 Å². The van der Waals surface area contributed by atoms with Crippen LogP contribution >= 0.6 is 0 Å². The minimum Gasteiger partial charge on any atom is -0.508 e. The molecular weight excluding hydrogens is 402 g/mol. The van der Waals surface area contributed by atoms with Crippen LogP contribution in [0.2, 0.25) is 0 Å². The zero-order valence-corrected chi connectivity index (χ0v) is 16.9. The van der Waals surface area contributed by atoms with Gasteiger partial charge in [-0.15, -0.1) is 0 Å². The van der Waals surface area contributed by atoms with Gasteiger partial charge in [0, 0.05) is 11.1 Å². The number of aromatic hydroxyl groups is 2. The van der Waals surface area contributed by atoms with Gasteiger partial charge in [-0.3, -0.25) is 14.5 Å². The van der Waals surface area contributed by atoms with E-state index in [0.29, 0.717) is 11.1 Å². The Morgan fingerprint density at radius 3 is 1.59 bits per heavy atom. The average Bonchev–Trinajstić information content (AvgIpc) is 3.01. The number of carbonyl (C=O) groups is 2. The molecule has 3 aromatic rings. The number of rotatable bonds is 2. The van der Waals surface area contributed by atoms with E-state index in [2.05, 4.69) is 23.7 Å². The molecule has 4 rings (SSSR count). The molecule has 32 heavy (non-hydrogen) atoms. The number of carbonyl (C=O) groups excluding carboxylic acids is 2. The lowest BCUT2D eigenvalue weighted by Gasteiger charge is -2.14. The molecule has 2 N–H and O–H groups in total. The molecule has 0 fully saturated rings. The SMILES string of the molecule is O=C1C(C#Cc2cccc(O)c2)=C(C#Cc2cccc(O)c2)C(=O)N1Cc1ccccc1. The predicted octanol–water partition coefficient (Wildman–Crippen LogP) is 3.37. The van der Waals surface area contributed by atoms with Gasteiger partial charge in [0.15, 0.2) is 0 Å². The van der Waals surface area contributed by atoms with Crippen molar-refractivity contribution in [2.45, 2.75) is 6.54 Å². The second-order valence-corrected chi connectivity index (χ2v) is 7.03. The van der Waals surface area contributed by atoms with Crippen molar-refractivity contribution < 1.29 is 19.8 Å². The van der Waals surface area contributed by atoms with Crippen molar-refractivity contribution in [2.75, 3.05) is 0 Å². The van der Waals surface area contributed by atoms with Gasteiger partial charge in [0.2, 0.25) is 0 Å². The summed E-state index contributed by atoms with van der Waals surface area (Å²) in [7, 11) is 0. The Hall–Kier alpha value is -4.74. The summed E-state index contributed by atoms with van der Waals surface area (Å²) in [6.45, 7) is 0.104. The van der Waals surface area contributed by atoms with Crippen molar-refractivity contribution in [3.63, 3.8) is 0 Å². The van der Waals surface area contributed by atoms with Gasteiger partial charge in [0.05, 0.1) is 6.54 Å². The van der Waals surface area contributed by atoms with Gasteiger partial charge in [-0.25, -0.2) is 0 Å². The number of imide groups is 1. The normalized spacial score (nSPS) is 12.8. The first-order valence-electron chi connectivity index (χ1n) is 9.78. The summed E-state index contributed by atoms with van der Waals surface area (Å²) in [6, 6.07) is 21.8. The van der Waals surface area contributed by atoms with Crippen LogP contribution in [0.1, 0.15) is 16.7 Å². The van der Waals surface area contributed by atoms with Gasteiger partial charge in [0.1, 0.15) is 22.6 Å². The molecule has 3 aromatic carbocycles. The van der Waals surface area contributed by atoms with Gasteiger partial charge in [-0.2, -0.15) is 0 Å². The maximum absolute atomic E-state index is 13.1. The highest BCUT2D eigenvalue weighted by molar-refractivity contribution is 6.23. The monoisotopic (exact) mass is 419 g/mol. The van der Waals surface area contributed by atoms with E-state index in [4.69, 9.17) is 0 Å². The molecular formula is C27H17NO4. The molecule has 5 nitrogen and oxygen atoms in total. The number of amides is 2. The van der Waals surface area contributed by atoms with Crippen molar-refractivity contribution in [2.24, 2.45) is 0 Å². The Bertz CT molecular complexity index is 1280. The summed E-state index contributed by atoms with van der Waals surface area (Å²) in [4.78, 5) is 27.3. The summed E-state index contributed by atoms with van der Waals surface area (Å²) in [5, 5.41) is 19.3. The lowest BCUT2D eigenvalue weighted by molar-refractivity contribution is -0.137. The zero-order valence-electron chi connectivity index (χ0n) is 16.9. The fourth-order valence-electron chi connectivity index (χ4n) is 3.15. The number of nitrogens with zero attached hydrogens (tertiary/aromatic N) is 1. The number of phenolic OH excluding ortho intramolecular Hbond substituents is 2. The van der Waals surface area contributed by atoms with Gasteiger partial charge in [-0.1, -0.05) is 66.1 Å². The highest BCUT2D eigenvalue weighted by Gasteiger charge is 2.37. The fraction of sp³-hybridized carbons (Fsp3) is 0.0370. The topological polar surface area (TPSA) is 77.8 Å². The van der Waals surface area contributed by atoms with Crippen LogP contribution in [-0.4, -0.2) is 26.9 Å². The van der Waals surface area contributed by atoms with Crippen LogP contribution in [0.5, 0.6) is 11.5 Å². The van der Waals surface area contributed by atoms with Gasteiger partial charge >= 0.3 is 0 Å². The second kappa shape index (κ2) is 8.95. The minimum absolute atomic E-state index is 0.00178. The lowest BCUT2D eigenvalue weighted by atomic mass is 10.1. The molecule has 1 aliphatic heterocycles. The van der Waals surface area contributed by atoms with Gasteiger partial charge < -0.3 is 10.2 Å². The van der Waals surface area contributed by atoms with Crippen LogP contribution in [0.3, 0.4) is 0 Å². The molecule has 0 aromatic heterocycles. The number of benzene rings is 3. The van der Waals surface area contributed by atoms with E-state index in [-0.39, 0.29) is 29.2 Å². The van der Waals surface area contributed by atoms with E-state index in [0.717, 1.165) is 10.5 Å². The third kappa shape index (κ3) is 4.53. The predicted molar refractivity (Wildman–Crippen MR) is 119 cm³/mol. The van der Waals surface area contributed by atoms with Crippen LogP contribution in [0.25, 0.3) is 0 Å². The zero-order chi connectivity index (χ0) is 22.5. The molecule has 0 unspecified atom stereocenters. The standard InChI is InChI=1S/C27H17NO4/c29-22-10-4-8-19(16-22)12-14-24-25(15-13-20-9-5-11-23(30)17-20)27(32)28(26(24)31)18-21-6-2-1-3-7-21/h1-11,16-17,29-30H,18H2. The summed E-state index contributed by atoms with van der Waals surface area (Å²) in [6.07, 6.45) is 0. The summed E-state index contributed by atoms with van der Waals surface area (Å²) in [5.41, 5.74) is 1.81. The first kappa shape index (κ1) is 20.5. The maximum atomic E-state index is 13.1. The second-order valence-electron chi connectivity index (χ2n) is 7.03. The molecule has 0 atom stereocenters. The van der Waals surface area contributed by atoms with E-state index >= 15 is 0 Å². The first-order chi connectivity index (χ1) is 15.5. The Morgan fingerprint density at radius 2 is 1.12 bits per heavy atom. The van der Waals surface area contributed by atoms with Crippen LogP contribution in [0, 0.1) is 23.7 Å². The van der Waals surface area contributed by atoms with E-state index in [9.17, 15) is 19.8 Å². The van der Waals surface area contributed by atoms with Crippen molar-refractivity contribution in [1.82, 2.24) is 4.90 Å². The molecule has 0 aliphatic carbocycles. The van der Waals surface area contributed by atoms with Crippen molar-refractivity contribution in [1.29, 1.82) is 0 Å². The van der Waals surface area contributed by atoms with E-state index in [1.165, 1.54) is 24.3 Å². The lowest BCUT2D eigenvalue weighted by Crippen LogP contribution is -2.31. The molecule has 1 heterocycles. The van der Waals surface area contributed by atoms with Gasteiger partial charge in [-0.05, 0) is 42.0 Å². The highest BCUT2D eigenvalue weighted by Crippen LogP contribution is 2.23. The molecule has 2 amide bonds. The molecule has 1 aliphatic rings. The highest BCUT2D eigenvalue weighted by atomic mass is 16.3. The van der Waals surface area contributed by atoms with Crippen LogP contribution in [-0.2, 0) is 16.1 Å². The molecule has 0 saturated carbocycles. The van der Waals surface area contributed by atoms with E-state index in [1.807, 2.05) is 30.3 Å². The average molecular weight is 419 g/mol. The Balaban J connectivity index is 1.74. The summed E-state index contributed by atoms with van der Waals surface area (Å²) >= 11 is 0. The third-order valence-electron chi connectivity index (χ3n) is 4.71. The summed E-state index contributed by atoms with van der Waals surface area (Å²) < 4.78 is 0. The molecule has 154 valence electrons. The van der Waals surface area contributed by atoms with Crippen molar-refractivity contribution in [3.05, 3.63) is 107 Å². The largest absolute Gasteiger partial charge is 0.508 e. The number of hydrogen-bond donors (Lipinski definition) is 2. The maximum Gasteiger partial charge on any atom is 0.271 e. The quantitative estimate of drug-likeness (QED) is 0.493. The Morgan fingerprint density at radius 1 is 0.625 bits per heavy atom. The Kier molecular flexibility index (Phi) is 5.74. The number of hydrogen-bond acceptors (Lipinski definition) is 4. The fourth-order valence-corrected chi connectivity index (χ4v) is 3.15. The molecule has 0 spiro atoms. The smallest absolute Gasteiger partial charge is 0.271 e. The third-order valence-corrected chi connectivity index (χ3v) is 4.71. The van der Waals surface area contributed by atoms with E-state index in [1.54, 1.807) is 24.3 Å². The van der Waals surface area contributed by atoms with Crippen LogP contribution < -0.4 is 0 Å². The van der Waals surface area contributed by atoms with Crippen molar-refractivity contribution in [3.8, 4) is 35.2 Å². The molecule has 5 heteroatoms. The van der Waals surface area contributed by atoms with Crippen LogP contribution in [0.15, 0.2) is 90.0 Å². The Labute approximate surface area is 185 Å². The molecule has 0 radical (unpaired) electrons. The molecule has 0 bridgehead atoms. The first-order valence-corrected chi connectivity index (χ1v) is 9.78. The number of phenols is 2. The molecule has 0 saturated heterocycles.